The van der Waals surface area contributed by atoms with Crippen molar-refractivity contribution < 1.29 is 14.3 Å². The number of carbonyl (C=O) groups is 1. The third-order valence-corrected chi connectivity index (χ3v) is 6.12. The average molecular weight is 411 g/mol. The first-order valence-electron chi connectivity index (χ1n) is 10.8. The van der Waals surface area contributed by atoms with Crippen LogP contribution in [0.15, 0.2) is 54.6 Å². The van der Waals surface area contributed by atoms with Crippen LogP contribution in [0.4, 0.5) is 5.69 Å². The minimum Gasteiger partial charge on any atom is -0.497 e. The number of ether oxygens (including phenoxy) is 2. The van der Waals surface area contributed by atoms with Gasteiger partial charge in [0.15, 0.2) is 0 Å². The van der Waals surface area contributed by atoms with E-state index in [-0.39, 0.29) is 11.4 Å². The number of para-hydroxylation sites is 1. The molecule has 0 unspecified atom stereocenters. The molecule has 0 N–H and O–H groups in total. The zero-order chi connectivity index (χ0) is 21.4. The summed E-state index contributed by atoms with van der Waals surface area (Å²) in [5.74, 6) is 1.05. The SMILES string of the molecule is CCC(=O)N(c1ccccc1)C1(COC)CCN(CCc2ccc(OC)cc2)CC1. The number of nitrogens with zero attached hydrogens (tertiary/aromatic N) is 2. The minimum atomic E-state index is -0.292. The molecule has 1 aliphatic rings. The van der Waals surface area contributed by atoms with Crippen LogP contribution >= 0.6 is 0 Å². The molecular formula is C25H34N2O3. The molecule has 1 saturated heterocycles. The van der Waals surface area contributed by atoms with E-state index in [4.69, 9.17) is 9.47 Å². The summed E-state index contributed by atoms with van der Waals surface area (Å²) in [5, 5.41) is 0. The van der Waals surface area contributed by atoms with Crippen molar-refractivity contribution in [1.29, 1.82) is 0 Å². The van der Waals surface area contributed by atoms with Crippen LogP contribution in [-0.2, 0) is 16.0 Å². The molecule has 0 aliphatic carbocycles. The number of hydrogen-bond donors (Lipinski definition) is 0. The van der Waals surface area contributed by atoms with Crippen molar-refractivity contribution >= 4 is 11.6 Å². The Balaban J connectivity index is 1.68. The first kappa shape index (κ1) is 22.3. The van der Waals surface area contributed by atoms with Gasteiger partial charge in [0, 0.05) is 38.9 Å². The number of benzene rings is 2. The summed E-state index contributed by atoms with van der Waals surface area (Å²) in [4.78, 5) is 17.5. The first-order chi connectivity index (χ1) is 14.6. The second-order valence-corrected chi connectivity index (χ2v) is 8.02. The van der Waals surface area contributed by atoms with E-state index in [1.807, 2.05) is 54.3 Å². The molecule has 2 aromatic rings. The topological polar surface area (TPSA) is 42.0 Å². The quantitative estimate of drug-likeness (QED) is 0.622. The van der Waals surface area contributed by atoms with Gasteiger partial charge in [0.2, 0.25) is 5.91 Å². The number of rotatable bonds is 9. The molecule has 30 heavy (non-hydrogen) atoms. The van der Waals surface area contributed by atoms with Crippen molar-refractivity contribution in [3.05, 3.63) is 60.2 Å². The summed E-state index contributed by atoms with van der Waals surface area (Å²) in [6.45, 7) is 5.42. The van der Waals surface area contributed by atoms with Crippen molar-refractivity contribution in [3.63, 3.8) is 0 Å². The van der Waals surface area contributed by atoms with Crippen molar-refractivity contribution in [2.24, 2.45) is 0 Å². The molecule has 1 fully saturated rings. The maximum Gasteiger partial charge on any atom is 0.227 e. The van der Waals surface area contributed by atoms with Crippen molar-refractivity contribution in [2.75, 3.05) is 45.4 Å². The average Bonchev–Trinajstić information content (AvgIpc) is 2.80. The molecule has 0 spiro atoms. The number of hydrogen-bond acceptors (Lipinski definition) is 4. The van der Waals surface area contributed by atoms with Gasteiger partial charge >= 0.3 is 0 Å². The van der Waals surface area contributed by atoms with Crippen molar-refractivity contribution in [1.82, 2.24) is 4.90 Å². The molecule has 5 heteroatoms. The molecule has 0 saturated carbocycles. The van der Waals surface area contributed by atoms with Gasteiger partial charge in [0.25, 0.3) is 0 Å². The summed E-state index contributed by atoms with van der Waals surface area (Å²) in [6.07, 6.45) is 3.31. The van der Waals surface area contributed by atoms with Crippen LogP contribution in [-0.4, -0.2) is 56.8 Å². The molecule has 0 radical (unpaired) electrons. The molecule has 0 bridgehead atoms. The van der Waals surface area contributed by atoms with E-state index in [1.165, 1.54) is 5.56 Å². The van der Waals surface area contributed by atoms with Crippen LogP contribution in [0.2, 0.25) is 0 Å². The van der Waals surface area contributed by atoms with Crippen LogP contribution in [0.5, 0.6) is 5.75 Å². The van der Waals surface area contributed by atoms with Gasteiger partial charge in [-0.25, -0.2) is 0 Å². The van der Waals surface area contributed by atoms with E-state index in [2.05, 4.69) is 17.0 Å². The number of piperidine rings is 1. The molecule has 0 atom stereocenters. The Morgan fingerprint density at radius 1 is 1.03 bits per heavy atom. The van der Waals surface area contributed by atoms with Gasteiger partial charge in [-0.05, 0) is 49.1 Å². The van der Waals surface area contributed by atoms with Gasteiger partial charge in [0.05, 0.1) is 19.3 Å². The summed E-state index contributed by atoms with van der Waals surface area (Å²) in [5.41, 5.74) is 1.99. The molecule has 1 heterocycles. The van der Waals surface area contributed by atoms with E-state index in [1.54, 1.807) is 14.2 Å². The van der Waals surface area contributed by atoms with Gasteiger partial charge in [-0.2, -0.15) is 0 Å². The molecule has 2 aromatic carbocycles. The number of anilines is 1. The number of methoxy groups -OCH3 is 2. The fraction of sp³-hybridized carbons (Fsp3) is 0.480. The van der Waals surface area contributed by atoms with Crippen LogP contribution in [0.3, 0.4) is 0 Å². The maximum absolute atomic E-state index is 13.0. The van der Waals surface area contributed by atoms with E-state index in [9.17, 15) is 4.79 Å². The lowest BCUT2D eigenvalue weighted by atomic mass is 9.85. The third-order valence-electron chi connectivity index (χ3n) is 6.12. The molecule has 1 amide bonds. The summed E-state index contributed by atoms with van der Waals surface area (Å²) in [6, 6.07) is 18.3. The Labute approximate surface area is 180 Å². The monoisotopic (exact) mass is 410 g/mol. The predicted octanol–water partition coefficient (Wildman–Crippen LogP) is 4.16. The molecule has 5 nitrogen and oxygen atoms in total. The highest BCUT2D eigenvalue weighted by Crippen LogP contribution is 2.34. The van der Waals surface area contributed by atoms with E-state index < -0.39 is 0 Å². The summed E-state index contributed by atoms with van der Waals surface area (Å²) in [7, 11) is 3.43. The molecule has 3 rings (SSSR count). The Hall–Kier alpha value is -2.37. The van der Waals surface area contributed by atoms with Crippen LogP contribution in [0.25, 0.3) is 0 Å². The predicted molar refractivity (Wildman–Crippen MR) is 121 cm³/mol. The highest BCUT2D eigenvalue weighted by atomic mass is 16.5. The van der Waals surface area contributed by atoms with E-state index in [0.29, 0.717) is 13.0 Å². The Morgan fingerprint density at radius 3 is 2.27 bits per heavy atom. The van der Waals surface area contributed by atoms with Gasteiger partial charge < -0.3 is 19.3 Å². The van der Waals surface area contributed by atoms with Gasteiger partial charge in [0.1, 0.15) is 5.75 Å². The zero-order valence-corrected chi connectivity index (χ0v) is 18.5. The number of carbonyl (C=O) groups excluding carboxylic acids is 1. The molecule has 1 aliphatic heterocycles. The third kappa shape index (κ3) is 5.21. The van der Waals surface area contributed by atoms with Crippen LogP contribution in [0.1, 0.15) is 31.7 Å². The Kier molecular flexibility index (Phi) is 7.88. The zero-order valence-electron chi connectivity index (χ0n) is 18.5. The lowest BCUT2D eigenvalue weighted by Gasteiger charge is -2.48. The highest BCUT2D eigenvalue weighted by Gasteiger charge is 2.42. The lowest BCUT2D eigenvalue weighted by molar-refractivity contribution is -0.120. The number of likely N-dealkylation sites (tertiary alicyclic amines) is 1. The molecule has 162 valence electrons. The first-order valence-corrected chi connectivity index (χ1v) is 10.8. The van der Waals surface area contributed by atoms with Crippen molar-refractivity contribution in [3.8, 4) is 5.75 Å². The largest absolute Gasteiger partial charge is 0.497 e. The Morgan fingerprint density at radius 2 is 1.70 bits per heavy atom. The van der Waals surface area contributed by atoms with E-state index >= 15 is 0 Å². The standard InChI is InChI=1S/C25H34N2O3/c1-4-24(28)27(22-8-6-5-7-9-22)25(20-29-2)15-18-26(19-16-25)17-14-21-10-12-23(30-3)13-11-21/h5-13H,4,14-20H2,1-3H3. The molecule has 0 aromatic heterocycles. The summed E-state index contributed by atoms with van der Waals surface area (Å²) >= 11 is 0. The molecular weight excluding hydrogens is 376 g/mol. The van der Waals surface area contributed by atoms with Crippen LogP contribution < -0.4 is 9.64 Å². The van der Waals surface area contributed by atoms with Crippen LogP contribution in [0, 0.1) is 0 Å². The van der Waals surface area contributed by atoms with Crippen molar-refractivity contribution in [2.45, 2.75) is 38.1 Å². The minimum absolute atomic E-state index is 0.157. The number of amides is 1. The highest BCUT2D eigenvalue weighted by molar-refractivity contribution is 5.94. The fourth-order valence-corrected chi connectivity index (χ4v) is 4.39. The smallest absolute Gasteiger partial charge is 0.227 e. The fourth-order valence-electron chi connectivity index (χ4n) is 4.39. The maximum atomic E-state index is 13.0. The van der Waals surface area contributed by atoms with Gasteiger partial charge in [-0.15, -0.1) is 0 Å². The van der Waals surface area contributed by atoms with E-state index in [0.717, 1.165) is 50.3 Å². The second kappa shape index (κ2) is 10.6. The van der Waals surface area contributed by atoms with Gasteiger partial charge in [-0.3, -0.25) is 4.79 Å². The Bertz CT molecular complexity index is 784. The second-order valence-electron chi connectivity index (χ2n) is 8.02. The van der Waals surface area contributed by atoms with Gasteiger partial charge in [-0.1, -0.05) is 37.3 Å². The normalized spacial score (nSPS) is 16.2. The lowest BCUT2D eigenvalue weighted by Crippen LogP contribution is -2.60. The summed E-state index contributed by atoms with van der Waals surface area (Å²) < 4.78 is 10.9.